The van der Waals surface area contributed by atoms with Gasteiger partial charge in [-0.3, -0.25) is 9.59 Å². The van der Waals surface area contributed by atoms with Crippen LogP contribution in [0.1, 0.15) is 29.2 Å². The van der Waals surface area contributed by atoms with Crippen LogP contribution < -0.4 is 10.6 Å². The Bertz CT molecular complexity index is 777. The SMILES string of the molecule is Cc1ccc(S[C@@H](C)C(=O)NCC(=O)Nc2c(C)cc(C)cc2C)cc1. The van der Waals surface area contributed by atoms with Crippen molar-refractivity contribution in [3.63, 3.8) is 0 Å². The van der Waals surface area contributed by atoms with Gasteiger partial charge in [-0.1, -0.05) is 35.4 Å². The molecule has 0 fully saturated rings. The van der Waals surface area contributed by atoms with Crippen molar-refractivity contribution in [1.29, 1.82) is 0 Å². The first-order chi connectivity index (χ1) is 12.3. The van der Waals surface area contributed by atoms with Crippen molar-refractivity contribution in [1.82, 2.24) is 5.32 Å². The summed E-state index contributed by atoms with van der Waals surface area (Å²) in [5.41, 5.74) is 5.20. The average Bonchev–Trinajstić information content (AvgIpc) is 2.57. The number of hydrogen-bond donors (Lipinski definition) is 2. The van der Waals surface area contributed by atoms with Crippen LogP contribution in [0.4, 0.5) is 5.69 Å². The molecule has 0 radical (unpaired) electrons. The third kappa shape index (κ3) is 5.63. The second kappa shape index (κ2) is 8.90. The molecule has 0 spiro atoms. The number of hydrogen-bond acceptors (Lipinski definition) is 3. The zero-order chi connectivity index (χ0) is 19.3. The zero-order valence-electron chi connectivity index (χ0n) is 16.0. The molecule has 0 aliphatic rings. The number of aryl methyl sites for hydroxylation is 4. The van der Waals surface area contributed by atoms with Crippen LogP contribution in [-0.4, -0.2) is 23.6 Å². The number of rotatable bonds is 6. The van der Waals surface area contributed by atoms with Crippen LogP contribution in [0.5, 0.6) is 0 Å². The van der Waals surface area contributed by atoms with Gasteiger partial charge in [-0.15, -0.1) is 11.8 Å². The van der Waals surface area contributed by atoms with Gasteiger partial charge in [0.15, 0.2) is 0 Å². The molecule has 0 unspecified atom stereocenters. The minimum absolute atomic E-state index is 0.0373. The molecule has 0 aliphatic heterocycles. The molecule has 2 aromatic rings. The van der Waals surface area contributed by atoms with Gasteiger partial charge in [-0.2, -0.15) is 0 Å². The summed E-state index contributed by atoms with van der Waals surface area (Å²) in [6.45, 7) is 9.79. The van der Waals surface area contributed by atoms with Crippen LogP contribution in [0.2, 0.25) is 0 Å². The summed E-state index contributed by atoms with van der Waals surface area (Å²) in [6.07, 6.45) is 0. The number of benzene rings is 2. The minimum atomic E-state index is -0.270. The highest BCUT2D eigenvalue weighted by Gasteiger charge is 2.16. The maximum Gasteiger partial charge on any atom is 0.243 e. The van der Waals surface area contributed by atoms with E-state index < -0.39 is 0 Å². The first-order valence-corrected chi connectivity index (χ1v) is 9.53. The second-order valence-corrected chi connectivity index (χ2v) is 8.03. The topological polar surface area (TPSA) is 58.2 Å². The van der Waals surface area contributed by atoms with E-state index in [1.165, 1.54) is 17.3 Å². The molecule has 0 aromatic heterocycles. The molecule has 5 heteroatoms. The second-order valence-electron chi connectivity index (χ2n) is 6.61. The number of thioether (sulfide) groups is 1. The Labute approximate surface area is 159 Å². The van der Waals surface area contributed by atoms with E-state index in [2.05, 4.69) is 10.6 Å². The predicted octanol–water partition coefficient (Wildman–Crippen LogP) is 4.16. The molecule has 0 aliphatic carbocycles. The lowest BCUT2D eigenvalue weighted by Gasteiger charge is -2.15. The van der Waals surface area contributed by atoms with Crippen LogP contribution >= 0.6 is 11.8 Å². The molecule has 2 amide bonds. The summed E-state index contributed by atoms with van der Waals surface area (Å²) >= 11 is 1.48. The van der Waals surface area contributed by atoms with Crippen LogP contribution in [0.15, 0.2) is 41.3 Å². The molecule has 0 heterocycles. The molecule has 0 saturated heterocycles. The van der Waals surface area contributed by atoms with Gasteiger partial charge >= 0.3 is 0 Å². The highest BCUT2D eigenvalue weighted by atomic mass is 32.2. The normalized spacial score (nSPS) is 11.7. The van der Waals surface area contributed by atoms with Crippen LogP contribution in [0.3, 0.4) is 0 Å². The van der Waals surface area contributed by atoms with E-state index in [9.17, 15) is 9.59 Å². The molecule has 2 aromatic carbocycles. The van der Waals surface area contributed by atoms with Crippen molar-refractivity contribution in [3.8, 4) is 0 Å². The Kier molecular flexibility index (Phi) is 6.86. The molecule has 2 rings (SSSR count). The van der Waals surface area contributed by atoms with Gasteiger partial charge in [0.25, 0.3) is 0 Å². The van der Waals surface area contributed by atoms with E-state index in [4.69, 9.17) is 0 Å². The predicted molar refractivity (Wildman–Crippen MR) is 109 cm³/mol. The maximum atomic E-state index is 12.2. The molecule has 0 bridgehead atoms. The van der Waals surface area contributed by atoms with Gasteiger partial charge in [0.05, 0.1) is 11.8 Å². The molecule has 138 valence electrons. The smallest absolute Gasteiger partial charge is 0.243 e. The van der Waals surface area contributed by atoms with Crippen molar-refractivity contribution in [2.45, 2.75) is 44.8 Å². The molecule has 2 N–H and O–H groups in total. The lowest BCUT2D eigenvalue weighted by molar-refractivity contribution is -0.123. The van der Waals surface area contributed by atoms with Crippen molar-refractivity contribution < 1.29 is 9.59 Å². The summed E-state index contributed by atoms with van der Waals surface area (Å²) in [5.74, 6) is -0.371. The first kappa shape index (κ1) is 20.0. The number of nitrogens with one attached hydrogen (secondary N) is 2. The van der Waals surface area contributed by atoms with Gasteiger partial charge in [-0.05, 0) is 57.9 Å². The highest BCUT2D eigenvalue weighted by Crippen LogP contribution is 2.24. The Hall–Kier alpha value is -2.27. The fourth-order valence-electron chi connectivity index (χ4n) is 2.75. The van der Waals surface area contributed by atoms with Crippen LogP contribution in [-0.2, 0) is 9.59 Å². The summed E-state index contributed by atoms with van der Waals surface area (Å²) in [6, 6.07) is 12.1. The molecule has 1 atom stereocenters. The van der Waals surface area contributed by atoms with E-state index >= 15 is 0 Å². The van der Waals surface area contributed by atoms with Crippen LogP contribution in [0, 0.1) is 27.7 Å². The van der Waals surface area contributed by atoms with E-state index in [0.717, 1.165) is 27.3 Å². The van der Waals surface area contributed by atoms with Gasteiger partial charge in [0, 0.05) is 10.6 Å². The summed E-state index contributed by atoms with van der Waals surface area (Å²) in [4.78, 5) is 25.5. The molecular weight excluding hydrogens is 344 g/mol. The van der Waals surface area contributed by atoms with E-state index in [1.54, 1.807) is 0 Å². The van der Waals surface area contributed by atoms with Crippen molar-refractivity contribution in [2.75, 3.05) is 11.9 Å². The van der Waals surface area contributed by atoms with E-state index in [-0.39, 0.29) is 23.6 Å². The molecule has 26 heavy (non-hydrogen) atoms. The standard InChI is InChI=1S/C21H26N2O2S/c1-13-6-8-18(9-7-13)26-17(5)21(25)22-12-19(24)23-20-15(3)10-14(2)11-16(20)4/h6-11,17H,12H2,1-5H3,(H,22,25)(H,23,24)/t17-/m0/s1. The van der Waals surface area contributed by atoms with Gasteiger partial charge in [0.1, 0.15) is 0 Å². The van der Waals surface area contributed by atoms with Crippen LogP contribution in [0.25, 0.3) is 0 Å². The molecule has 4 nitrogen and oxygen atoms in total. The summed E-state index contributed by atoms with van der Waals surface area (Å²) in [5, 5.41) is 5.34. The van der Waals surface area contributed by atoms with E-state index in [1.807, 2.05) is 71.0 Å². The monoisotopic (exact) mass is 370 g/mol. The zero-order valence-corrected chi connectivity index (χ0v) is 16.8. The van der Waals surface area contributed by atoms with E-state index in [0.29, 0.717) is 0 Å². The quantitative estimate of drug-likeness (QED) is 0.751. The Morgan fingerprint density at radius 2 is 1.54 bits per heavy atom. The largest absolute Gasteiger partial charge is 0.346 e. The first-order valence-electron chi connectivity index (χ1n) is 8.65. The lowest BCUT2D eigenvalue weighted by atomic mass is 10.1. The number of carbonyl (C=O) groups excluding carboxylic acids is 2. The maximum absolute atomic E-state index is 12.2. The van der Waals surface area contributed by atoms with Gasteiger partial charge in [0.2, 0.25) is 11.8 Å². The Balaban J connectivity index is 1.86. The molecule has 0 saturated carbocycles. The van der Waals surface area contributed by atoms with Crippen molar-refractivity contribution in [3.05, 3.63) is 58.7 Å². The Morgan fingerprint density at radius 3 is 2.12 bits per heavy atom. The summed E-state index contributed by atoms with van der Waals surface area (Å²) in [7, 11) is 0. The van der Waals surface area contributed by atoms with Crippen molar-refractivity contribution >= 4 is 29.3 Å². The average molecular weight is 371 g/mol. The minimum Gasteiger partial charge on any atom is -0.346 e. The third-order valence-corrected chi connectivity index (χ3v) is 5.18. The lowest BCUT2D eigenvalue weighted by Crippen LogP contribution is -2.37. The Morgan fingerprint density at radius 1 is 0.962 bits per heavy atom. The number of anilines is 1. The number of carbonyl (C=O) groups is 2. The fraction of sp³-hybridized carbons (Fsp3) is 0.333. The van der Waals surface area contributed by atoms with Gasteiger partial charge in [-0.25, -0.2) is 0 Å². The summed E-state index contributed by atoms with van der Waals surface area (Å²) < 4.78 is 0. The number of amides is 2. The third-order valence-electron chi connectivity index (χ3n) is 4.07. The fourth-order valence-corrected chi connectivity index (χ4v) is 3.64. The highest BCUT2D eigenvalue weighted by molar-refractivity contribution is 8.00. The van der Waals surface area contributed by atoms with Crippen molar-refractivity contribution in [2.24, 2.45) is 0 Å². The molecular formula is C21H26N2O2S. The van der Waals surface area contributed by atoms with Gasteiger partial charge < -0.3 is 10.6 Å².